The normalized spacial score (nSPS) is 12.5. The molecule has 1 rings (SSSR count). The van der Waals surface area contributed by atoms with E-state index >= 15 is 0 Å². The second kappa shape index (κ2) is 6.80. The third kappa shape index (κ3) is 3.84. The Balaban J connectivity index is 2.78. The van der Waals surface area contributed by atoms with Crippen molar-refractivity contribution in [2.45, 2.75) is 53.0 Å². The minimum absolute atomic E-state index is 0.200. The van der Waals surface area contributed by atoms with E-state index in [-0.39, 0.29) is 5.91 Å². The fourth-order valence-electron chi connectivity index (χ4n) is 1.76. The van der Waals surface area contributed by atoms with Crippen molar-refractivity contribution in [1.29, 1.82) is 0 Å². The summed E-state index contributed by atoms with van der Waals surface area (Å²) in [4.78, 5) is 16.5. The predicted molar refractivity (Wildman–Crippen MR) is 74.8 cm³/mol. The highest BCUT2D eigenvalue weighted by atomic mass is 32.1. The Hall–Kier alpha value is -0.830. The third-order valence-corrected chi connectivity index (χ3v) is 4.08. The zero-order valence-corrected chi connectivity index (χ0v) is 12.1. The summed E-state index contributed by atoms with van der Waals surface area (Å²) in [5.41, 5.74) is 0. The standard InChI is InChI=1S/C14H23NOS/c1-5-7-10-15(11(3)6-2)14(16)13-9-8-12(4)17-13/h8-9,11H,5-7,10H2,1-4H3. The topological polar surface area (TPSA) is 20.3 Å². The molecule has 0 aromatic carbocycles. The molecule has 3 heteroatoms. The van der Waals surface area contributed by atoms with Crippen molar-refractivity contribution in [2.24, 2.45) is 0 Å². The van der Waals surface area contributed by atoms with Gasteiger partial charge in [0, 0.05) is 17.5 Å². The number of hydrogen-bond donors (Lipinski definition) is 0. The lowest BCUT2D eigenvalue weighted by Gasteiger charge is -2.28. The SMILES string of the molecule is CCCCN(C(=O)c1ccc(C)s1)C(C)CC. The number of nitrogens with zero attached hydrogens (tertiary/aromatic N) is 1. The van der Waals surface area contributed by atoms with E-state index in [1.807, 2.05) is 24.0 Å². The molecule has 1 heterocycles. The van der Waals surface area contributed by atoms with Crippen LogP contribution in [0.1, 0.15) is 54.6 Å². The maximum absolute atomic E-state index is 12.4. The molecular formula is C14H23NOS. The van der Waals surface area contributed by atoms with Crippen LogP contribution in [0.5, 0.6) is 0 Å². The number of unbranched alkanes of at least 4 members (excludes halogenated alkanes) is 1. The van der Waals surface area contributed by atoms with Crippen LogP contribution in [0.15, 0.2) is 12.1 Å². The average molecular weight is 253 g/mol. The number of carbonyl (C=O) groups is 1. The quantitative estimate of drug-likeness (QED) is 0.747. The Labute approximate surface area is 109 Å². The highest BCUT2D eigenvalue weighted by Gasteiger charge is 2.20. The van der Waals surface area contributed by atoms with Gasteiger partial charge in [0.2, 0.25) is 0 Å². The van der Waals surface area contributed by atoms with Gasteiger partial charge in [-0.15, -0.1) is 11.3 Å². The molecular weight excluding hydrogens is 230 g/mol. The second-order valence-corrected chi connectivity index (χ2v) is 5.81. The van der Waals surface area contributed by atoms with Crippen molar-refractivity contribution in [2.75, 3.05) is 6.54 Å². The van der Waals surface area contributed by atoms with Crippen molar-refractivity contribution < 1.29 is 4.79 Å². The van der Waals surface area contributed by atoms with E-state index in [4.69, 9.17) is 0 Å². The fraction of sp³-hybridized carbons (Fsp3) is 0.643. The van der Waals surface area contributed by atoms with Crippen molar-refractivity contribution in [3.63, 3.8) is 0 Å². The van der Waals surface area contributed by atoms with Crippen LogP contribution in [0.3, 0.4) is 0 Å². The van der Waals surface area contributed by atoms with Crippen LogP contribution in [-0.2, 0) is 0 Å². The molecule has 0 saturated carbocycles. The molecule has 1 aromatic rings. The molecule has 0 bridgehead atoms. The number of carbonyl (C=O) groups excluding carboxylic acids is 1. The molecule has 0 saturated heterocycles. The van der Waals surface area contributed by atoms with Crippen molar-refractivity contribution in [3.05, 3.63) is 21.9 Å². The van der Waals surface area contributed by atoms with Gasteiger partial charge in [-0.05, 0) is 38.8 Å². The Morgan fingerprint density at radius 2 is 2.12 bits per heavy atom. The van der Waals surface area contributed by atoms with E-state index < -0.39 is 0 Å². The largest absolute Gasteiger partial charge is 0.335 e. The molecule has 0 radical (unpaired) electrons. The predicted octanol–water partition coefficient (Wildman–Crippen LogP) is 4.10. The second-order valence-electron chi connectivity index (χ2n) is 4.52. The molecule has 1 amide bonds. The fourth-order valence-corrected chi connectivity index (χ4v) is 2.59. The van der Waals surface area contributed by atoms with E-state index in [9.17, 15) is 4.79 Å². The maximum atomic E-state index is 12.4. The molecule has 0 spiro atoms. The Bertz CT molecular complexity index is 359. The summed E-state index contributed by atoms with van der Waals surface area (Å²) in [6.07, 6.45) is 3.23. The van der Waals surface area contributed by atoms with Gasteiger partial charge in [0.05, 0.1) is 4.88 Å². The van der Waals surface area contributed by atoms with Crippen molar-refractivity contribution in [3.8, 4) is 0 Å². The van der Waals surface area contributed by atoms with Gasteiger partial charge in [0.25, 0.3) is 5.91 Å². The van der Waals surface area contributed by atoms with Crippen molar-refractivity contribution >= 4 is 17.2 Å². The summed E-state index contributed by atoms with van der Waals surface area (Å²) in [6.45, 7) is 9.35. The van der Waals surface area contributed by atoms with E-state index in [0.717, 1.165) is 30.7 Å². The van der Waals surface area contributed by atoms with Crippen LogP contribution in [0.4, 0.5) is 0 Å². The van der Waals surface area contributed by atoms with Crippen molar-refractivity contribution in [1.82, 2.24) is 4.90 Å². The smallest absolute Gasteiger partial charge is 0.264 e. The van der Waals surface area contributed by atoms with Gasteiger partial charge < -0.3 is 4.90 Å². The first-order valence-electron chi connectivity index (χ1n) is 6.47. The Morgan fingerprint density at radius 1 is 1.41 bits per heavy atom. The molecule has 0 aliphatic carbocycles. The Kier molecular flexibility index (Phi) is 5.69. The molecule has 96 valence electrons. The minimum Gasteiger partial charge on any atom is -0.335 e. The van der Waals surface area contributed by atoms with Crippen LogP contribution < -0.4 is 0 Å². The number of aryl methyl sites for hydroxylation is 1. The molecule has 1 unspecified atom stereocenters. The average Bonchev–Trinajstić information content (AvgIpc) is 2.75. The lowest BCUT2D eigenvalue weighted by molar-refractivity contribution is 0.0690. The lowest BCUT2D eigenvalue weighted by atomic mass is 10.2. The van der Waals surface area contributed by atoms with Crippen LogP contribution in [0.25, 0.3) is 0 Å². The first-order valence-corrected chi connectivity index (χ1v) is 7.29. The Morgan fingerprint density at radius 3 is 2.59 bits per heavy atom. The number of amides is 1. The van der Waals surface area contributed by atoms with Gasteiger partial charge >= 0.3 is 0 Å². The summed E-state index contributed by atoms with van der Waals surface area (Å²) in [7, 11) is 0. The highest BCUT2D eigenvalue weighted by molar-refractivity contribution is 7.13. The zero-order chi connectivity index (χ0) is 12.8. The van der Waals surface area contributed by atoms with Gasteiger partial charge in [0.1, 0.15) is 0 Å². The first-order chi connectivity index (χ1) is 8.10. The molecule has 1 aromatic heterocycles. The molecule has 0 fully saturated rings. The van der Waals surface area contributed by atoms with Gasteiger partial charge in [-0.2, -0.15) is 0 Å². The van der Waals surface area contributed by atoms with E-state index in [2.05, 4.69) is 20.8 Å². The summed E-state index contributed by atoms with van der Waals surface area (Å²) in [6, 6.07) is 4.30. The summed E-state index contributed by atoms with van der Waals surface area (Å²) in [5.74, 6) is 0.200. The van der Waals surface area contributed by atoms with Gasteiger partial charge in [-0.3, -0.25) is 4.79 Å². The van der Waals surface area contributed by atoms with Gasteiger partial charge in [-0.25, -0.2) is 0 Å². The molecule has 17 heavy (non-hydrogen) atoms. The minimum atomic E-state index is 0.200. The molecule has 0 aliphatic rings. The number of rotatable bonds is 6. The molecule has 0 N–H and O–H groups in total. The highest BCUT2D eigenvalue weighted by Crippen LogP contribution is 2.19. The van der Waals surface area contributed by atoms with Crippen LogP contribution >= 0.6 is 11.3 Å². The number of hydrogen-bond acceptors (Lipinski definition) is 2. The lowest BCUT2D eigenvalue weighted by Crippen LogP contribution is -2.38. The van der Waals surface area contributed by atoms with Crippen LogP contribution in [0.2, 0.25) is 0 Å². The number of thiophene rings is 1. The first kappa shape index (κ1) is 14.2. The molecule has 1 atom stereocenters. The maximum Gasteiger partial charge on any atom is 0.264 e. The summed E-state index contributed by atoms with van der Waals surface area (Å²) in [5, 5.41) is 0. The molecule has 2 nitrogen and oxygen atoms in total. The van der Waals surface area contributed by atoms with E-state index in [0.29, 0.717) is 6.04 Å². The van der Waals surface area contributed by atoms with Gasteiger partial charge in [0.15, 0.2) is 0 Å². The molecule has 0 aliphatic heterocycles. The summed E-state index contributed by atoms with van der Waals surface area (Å²) < 4.78 is 0. The zero-order valence-electron chi connectivity index (χ0n) is 11.3. The van der Waals surface area contributed by atoms with Crippen LogP contribution in [-0.4, -0.2) is 23.4 Å². The third-order valence-electron chi connectivity index (χ3n) is 3.09. The van der Waals surface area contributed by atoms with Gasteiger partial charge in [-0.1, -0.05) is 20.3 Å². The van der Waals surface area contributed by atoms with E-state index in [1.54, 1.807) is 11.3 Å². The monoisotopic (exact) mass is 253 g/mol. The summed E-state index contributed by atoms with van der Waals surface area (Å²) >= 11 is 1.59. The van der Waals surface area contributed by atoms with E-state index in [1.165, 1.54) is 4.88 Å². The van der Waals surface area contributed by atoms with Crippen LogP contribution in [0, 0.1) is 6.92 Å².